The molecule has 3 aromatic rings. The topological polar surface area (TPSA) is 12.9 Å². The molecule has 0 saturated carbocycles. The standard InChI is InChI=1S/C14H9Br2NS2/c1-8-13(9-2-4-10(15)5-3-9)17-14(18-8)11-6-7-12(16)19-11/h2-7H,1H3. The molecule has 1 nitrogen and oxygen atoms in total. The Kier molecular flexibility index (Phi) is 3.89. The molecule has 0 aliphatic heterocycles. The van der Waals surface area contributed by atoms with Gasteiger partial charge in [-0.05, 0) is 47.1 Å². The minimum atomic E-state index is 1.08. The van der Waals surface area contributed by atoms with Crippen LogP contribution in [0.2, 0.25) is 0 Å². The molecular weight excluding hydrogens is 406 g/mol. The fourth-order valence-electron chi connectivity index (χ4n) is 1.81. The van der Waals surface area contributed by atoms with Crippen LogP contribution >= 0.6 is 54.5 Å². The first-order chi connectivity index (χ1) is 9.13. The van der Waals surface area contributed by atoms with Gasteiger partial charge in [-0.15, -0.1) is 22.7 Å². The zero-order valence-electron chi connectivity index (χ0n) is 9.98. The van der Waals surface area contributed by atoms with Crippen molar-refractivity contribution in [2.75, 3.05) is 0 Å². The van der Waals surface area contributed by atoms with Crippen molar-refractivity contribution in [3.05, 3.63) is 49.5 Å². The molecule has 0 unspecified atom stereocenters. The number of aryl methyl sites for hydroxylation is 1. The Morgan fingerprint density at radius 1 is 0.947 bits per heavy atom. The lowest BCUT2D eigenvalue weighted by atomic mass is 10.1. The molecule has 2 aromatic heterocycles. The second-order valence-corrected chi connectivity index (χ2v) is 8.62. The Morgan fingerprint density at radius 2 is 1.68 bits per heavy atom. The predicted octanol–water partition coefficient (Wildman–Crippen LogP) is 6.37. The van der Waals surface area contributed by atoms with E-state index in [-0.39, 0.29) is 0 Å². The molecule has 0 spiro atoms. The van der Waals surface area contributed by atoms with E-state index in [1.54, 1.807) is 22.7 Å². The van der Waals surface area contributed by atoms with Gasteiger partial charge in [0.25, 0.3) is 0 Å². The molecule has 0 amide bonds. The maximum absolute atomic E-state index is 4.79. The average molecular weight is 415 g/mol. The normalized spacial score (nSPS) is 10.9. The largest absolute Gasteiger partial charge is 0.235 e. The van der Waals surface area contributed by atoms with Crippen LogP contribution in [0.25, 0.3) is 21.1 Å². The van der Waals surface area contributed by atoms with E-state index in [9.17, 15) is 0 Å². The molecule has 0 fully saturated rings. The van der Waals surface area contributed by atoms with E-state index in [2.05, 4.69) is 75.2 Å². The number of halogens is 2. The summed E-state index contributed by atoms with van der Waals surface area (Å²) in [5.41, 5.74) is 2.25. The minimum absolute atomic E-state index is 1.08. The van der Waals surface area contributed by atoms with Crippen molar-refractivity contribution in [2.24, 2.45) is 0 Å². The first kappa shape index (κ1) is 13.5. The molecule has 0 N–H and O–H groups in total. The molecule has 5 heteroatoms. The van der Waals surface area contributed by atoms with Gasteiger partial charge in [-0.3, -0.25) is 0 Å². The molecule has 0 saturated heterocycles. The van der Waals surface area contributed by atoms with Crippen molar-refractivity contribution >= 4 is 54.5 Å². The van der Waals surface area contributed by atoms with Crippen molar-refractivity contribution < 1.29 is 0 Å². The van der Waals surface area contributed by atoms with E-state index in [1.807, 2.05) is 0 Å². The van der Waals surface area contributed by atoms with Gasteiger partial charge in [-0.2, -0.15) is 0 Å². The van der Waals surface area contributed by atoms with Gasteiger partial charge in [-0.1, -0.05) is 28.1 Å². The zero-order valence-corrected chi connectivity index (χ0v) is 14.8. The molecule has 0 aliphatic rings. The van der Waals surface area contributed by atoms with Gasteiger partial charge in [0.1, 0.15) is 5.01 Å². The monoisotopic (exact) mass is 413 g/mol. The number of aromatic nitrogens is 1. The highest BCUT2D eigenvalue weighted by Gasteiger charge is 2.12. The Bertz CT molecular complexity index is 713. The highest BCUT2D eigenvalue weighted by molar-refractivity contribution is 9.11. The van der Waals surface area contributed by atoms with E-state index in [0.717, 1.165) is 19.0 Å². The van der Waals surface area contributed by atoms with E-state index in [4.69, 9.17) is 4.98 Å². The Labute approximate surface area is 136 Å². The number of thiazole rings is 1. The van der Waals surface area contributed by atoms with Crippen molar-refractivity contribution in [1.82, 2.24) is 4.98 Å². The van der Waals surface area contributed by atoms with Gasteiger partial charge < -0.3 is 0 Å². The molecule has 3 rings (SSSR count). The summed E-state index contributed by atoms with van der Waals surface area (Å²) in [6.07, 6.45) is 0. The summed E-state index contributed by atoms with van der Waals surface area (Å²) in [7, 11) is 0. The number of rotatable bonds is 2. The molecule has 1 aromatic carbocycles. The third-order valence-electron chi connectivity index (χ3n) is 2.70. The molecule has 96 valence electrons. The summed E-state index contributed by atoms with van der Waals surface area (Å²) in [4.78, 5) is 7.25. The smallest absolute Gasteiger partial charge is 0.134 e. The molecule has 2 heterocycles. The molecular formula is C14H9Br2NS2. The number of hydrogen-bond acceptors (Lipinski definition) is 3. The third-order valence-corrected chi connectivity index (χ3v) is 5.99. The second-order valence-electron chi connectivity index (χ2n) is 4.03. The Hall–Kier alpha value is -0.490. The SMILES string of the molecule is Cc1sc(-c2ccc(Br)s2)nc1-c1ccc(Br)cc1. The van der Waals surface area contributed by atoms with Crippen LogP contribution in [0.5, 0.6) is 0 Å². The summed E-state index contributed by atoms with van der Waals surface area (Å²) in [5, 5.41) is 1.09. The van der Waals surface area contributed by atoms with Crippen LogP contribution < -0.4 is 0 Å². The summed E-state index contributed by atoms with van der Waals surface area (Å²) >= 11 is 10.4. The number of nitrogens with zero attached hydrogens (tertiary/aromatic N) is 1. The summed E-state index contributed by atoms with van der Waals surface area (Å²) in [6, 6.07) is 12.5. The van der Waals surface area contributed by atoms with Crippen LogP contribution in [0.1, 0.15) is 4.88 Å². The van der Waals surface area contributed by atoms with Gasteiger partial charge in [0.15, 0.2) is 0 Å². The van der Waals surface area contributed by atoms with Gasteiger partial charge in [0, 0.05) is 14.9 Å². The Morgan fingerprint density at radius 3 is 2.32 bits per heavy atom. The van der Waals surface area contributed by atoms with Crippen LogP contribution in [-0.2, 0) is 0 Å². The van der Waals surface area contributed by atoms with Crippen LogP contribution in [0.15, 0.2) is 44.7 Å². The second kappa shape index (κ2) is 5.48. The predicted molar refractivity (Wildman–Crippen MR) is 91.0 cm³/mol. The highest BCUT2D eigenvalue weighted by atomic mass is 79.9. The van der Waals surface area contributed by atoms with E-state index in [0.29, 0.717) is 0 Å². The number of hydrogen-bond donors (Lipinski definition) is 0. The van der Waals surface area contributed by atoms with E-state index < -0.39 is 0 Å². The Balaban J connectivity index is 2.04. The zero-order chi connectivity index (χ0) is 13.4. The lowest BCUT2D eigenvalue weighted by Gasteiger charge is -1.98. The van der Waals surface area contributed by atoms with Crippen LogP contribution in [0.3, 0.4) is 0 Å². The number of benzene rings is 1. The van der Waals surface area contributed by atoms with Gasteiger partial charge in [0.05, 0.1) is 14.4 Å². The van der Waals surface area contributed by atoms with Gasteiger partial charge >= 0.3 is 0 Å². The minimum Gasteiger partial charge on any atom is -0.235 e. The first-order valence-electron chi connectivity index (χ1n) is 5.62. The van der Waals surface area contributed by atoms with Crippen LogP contribution in [0.4, 0.5) is 0 Å². The fraction of sp³-hybridized carbons (Fsp3) is 0.0714. The quantitative estimate of drug-likeness (QED) is 0.474. The lowest BCUT2D eigenvalue weighted by molar-refractivity contribution is 1.38. The van der Waals surface area contributed by atoms with Crippen molar-refractivity contribution in [3.8, 4) is 21.1 Å². The van der Waals surface area contributed by atoms with Crippen LogP contribution in [-0.4, -0.2) is 4.98 Å². The first-order valence-corrected chi connectivity index (χ1v) is 8.84. The van der Waals surface area contributed by atoms with E-state index in [1.165, 1.54) is 15.3 Å². The number of thiophene rings is 1. The summed E-state index contributed by atoms with van der Waals surface area (Å²) < 4.78 is 2.23. The molecule has 0 radical (unpaired) electrons. The molecule has 0 aliphatic carbocycles. The summed E-state index contributed by atoms with van der Waals surface area (Å²) in [5.74, 6) is 0. The third kappa shape index (κ3) is 2.84. The lowest BCUT2D eigenvalue weighted by Crippen LogP contribution is -1.80. The van der Waals surface area contributed by atoms with Gasteiger partial charge in [-0.25, -0.2) is 4.98 Å². The highest BCUT2D eigenvalue weighted by Crippen LogP contribution is 2.37. The maximum Gasteiger partial charge on any atom is 0.134 e. The fourth-order valence-corrected chi connectivity index (χ4v) is 4.45. The van der Waals surface area contributed by atoms with Crippen molar-refractivity contribution in [3.63, 3.8) is 0 Å². The van der Waals surface area contributed by atoms with Crippen molar-refractivity contribution in [1.29, 1.82) is 0 Å². The van der Waals surface area contributed by atoms with Crippen molar-refractivity contribution in [2.45, 2.75) is 6.92 Å². The summed E-state index contributed by atoms with van der Waals surface area (Å²) in [6.45, 7) is 2.13. The van der Waals surface area contributed by atoms with Crippen LogP contribution in [0, 0.1) is 6.92 Å². The molecule has 0 atom stereocenters. The van der Waals surface area contributed by atoms with Gasteiger partial charge in [0.2, 0.25) is 0 Å². The average Bonchev–Trinajstić information content (AvgIpc) is 2.97. The molecule has 19 heavy (non-hydrogen) atoms. The maximum atomic E-state index is 4.79. The van der Waals surface area contributed by atoms with E-state index >= 15 is 0 Å². The molecule has 0 bridgehead atoms.